The van der Waals surface area contributed by atoms with E-state index in [0.29, 0.717) is 0 Å². The first-order valence-corrected chi connectivity index (χ1v) is 19.7. The van der Waals surface area contributed by atoms with Crippen molar-refractivity contribution in [3.8, 4) is 22.3 Å². The smallest absolute Gasteiger partial charge is 0.147 e. The maximum atomic E-state index is 2.32. The van der Waals surface area contributed by atoms with Crippen molar-refractivity contribution in [2.45, 2.75) is 39.8 Å². The Hall–Kier alpha value is -2.22. The molecule has 0 saturated heterocycles. The molecule has 204 valence electrons. The topological polar surface area (TPSA) is 0 Å². The molecule has 0 spiro atoms. The summed E-state index contributed by atoms with van der Waals surface area (Å²) in [6.45, 7) is 9.03. The van der Waals surface area contributed by atoms with Crippen molar-refractivity contribution in [3.05, 3.63) is 132 Å². The van der Waals surface area contributed by atoms with Gasteiger partial charge >= 0.3 is 41.9 Å². The first kappa shape index (κ1) is 34.0. The van der Waals surface area contributed by atoms with Gasteiger partial charge in [-0.1, -0.05) is 97.8 Å². The Morgan fingerprint density at radius 1 is 0.550 bits per heavy atom. The van der Waals surface area contributed by atoms with Crippen molar-refractivity contribution in [2.24, 2.45) is 0 Å². The van der Waals surface area contributed by atoms with E-state index in [4.69, 9.17) is 0 Å². The van der Waals surface area contributed by atoms with Gasteiger partial charge in [0.1, 0.15) is 0 Å². The monoisotopic (exact) mass is 658 g/mol. The van der Waals surface area contributed by atoms with Crippen LogP contribution in [0.25, 0.3) is 43.8 Å². The summed E-state index contributed by atoms with van der Waals surface area (Å²) in [6, 6.07) is 43.5. The number of hydrogen-bond acceptors (Lipinski definition) is 0. The normalized spacial score (nSPS) is 9.95. The summed E-state index contributed by atoms with van der Waals surface area (Å²) in [7, 11) is 0. The van der Waals surface area contributed by atoms with Crippen molar-refractivity contribution in [3.63, 3.8) is 0 Å². The van der Waals surface area contributed by atoms with Gasteiger partial charge in [0.05, 0.1) is 0 Å². The van der Waals surface area contributed by atoms with E-state index in [2.05, 4.69) is 148 Å². The minimum absolute atomic E-state index is 0. The van der Waals surface area contributed by atoms with Crippen LogP contribution < -0.4 is 0 Å². The van der Waals surface area contributed by atoms with Crippen LogP contribution in [0.4, 0.5) is 0 Å². The Morgan fingerprint density at radius 2 is 0.900 bits per heavy atom. The Kier molecular flexibility index (Phi) is 14.4. The average Bonchev–Trinajstić information content (AvgIpc) is 3.58. The van der Waals surface area contributed by atoms with Crippen LogP contribution in [0.1, 0.15) is 25.0 Å². The van der Waals surface area contributed by atoms with Gasteiger partial charge in [0.15, 0.2) is 0 Å². The minimum Gasteiger partial charge on any atom is -0.147 e. The zero-order chi connectivity index (χ0) is 26.9. The van der Waals surface area contributed by atoms with Gasteiger partial charge in [-0.2, -0.15) is 12.1 Å². The number of aryl methyl sites for hydroxylation is 2. The van der Waals surface area contributed by atoms with E-state index >= 15 is 0 Å². The van der Waals surface area contributed by atoms with Crippen LogP contribution in [0.15, 0.2) is 121 Å². The molecular weight excluding hydrogens is 623 g/mol. The van der Waals surface area contributed by atoms with Gasteiger partial charge in [0.25, 0.3) is 0 Å². The van der Waals surface area contributed by atoms with Gasteiger partial charge < -0.3 is 0 Å². The van der Waals surface area contributed by atoms with Gasteiger partial charge in [-0.05, 0) is 24.0 Å². The molecule has 0 unspecified atom stereocenters. The summed E-state index contributed by atoms with van der Waals surface area (Å²) in [4.78, 5) is 0. The summed E-state index contributed by atoms with van der Waals surface area (Å²) < 4.78 is 0. The summed E-state index contributed by atoms with van der Waals surface area (Å²) in [5.41, 5.74) is 8.32. The molecule has 6 rings (SSSR count). The molecule has 0 amide bonds. The number of rotatable bonds is 4. The summed E-state index contributed by atoms with van der Waals surface area (Å²) in [6.07, 6.45) is 2.20. The number of benzene rings is 4. The molecule has 0 saturated carbocycles. The first-order valence-electron chi connectivity index (χ1n) is 13.5. The Labute approximate surface area is 267 Å². The molecule has 0 atom stereocenters. The van der Waals surface area contributed by atoms with Crippen LogP contribution in [0, 0.1) is 0 Å². The maximum Gasteiger partial charge on any atom is -0.147 e. The Morgan fingerprint density at radius 3 is 1.23 bits per heavy atom. The van der Waals surface area contributed by atoms with Gasteiger partial charge in [-0.3, -0.25) is 0 Å². The predicted octanol–water partition coefficient (Wildman–Crippen LogP) is 11.2. The Balaban J connectivity index is 0.000000237. The zero-order valence-corrected chi connectivity index (χ0v) is 28.9. The van der Waals surface area contributed by atoms with Crippen molar-refractivity contribution in [2.75, 3.05) is 0 Å². The zero-order valence-electron chi connectivity index (χ0n) is 23.8. The van der Waals surface area contributed by atoms with E-state index in [1.807, 2.05) is 0 Å². The third-order valence-electron chi connectivity index (χ3n) is 6.61. The fraction of sp³-hybridized carbons (Fsp3) is 0.167. The van der Waals surface area contributed by atoms with E-state index in [1.165, 1.54) is 54.9 Å². The molecule has 0 fully saturated rings. The molecule has 0 aliphatic carbocycles. The van der Waals surface area contributed by atoms with Gasteiger partial charge in [-0.15, -0.1) is 93.9 Å². The van der Waals surface area contributed by atoms with Crippen LogP contribution in [-0.4, -0.2) is 5.43 Å². The van der Waals surface area contributed by atoms with Crippen molar-refractivity contribution in [1.82, 2.24) is 0 Å². The predicted molar refractivity (Wildman–Crippen MR) is 181 cm³/mol. The fourth-order valence-electron chi connectivity index (χ4n) is 4.74. The van der Waals surface area contributed by atoms with Gasteiger partial charge in [0, 0.05) is 0 Å². The van der Waals surface area contributed by atoms with Crippen molar-refractivity contribution < 1.29 is 23.3 Å². The maximum absolute atomic E-state index is 2.32. The van der Waals surface area contributed by atoms with Gasteiger partial charge in [0.2, 0.25) is 0 Å². The molecule has 0 heterocycles. The van der Waals surface area contributed by atoms with Crippen LogP contribution in [-0.2, 0) is 36.2 Å². The molecule has 0 radical (unpaired) electrons. The van der Waals surface area contributed by atoms with Crippen LogP contribution in [0.3, 0.4) is 0 Å². The second-order valence-electron chi connectivity index (χ2n) is 9.78. The van der Waals surface area contributed by atoms with Crippen molar-refractivity contribution >= 4 is 51.8 Å². The van der Waals surface area contributed by atoms with Crippen LogP contribution in [0.5, 0.6) is 0 Å². The molecule has 0 N–H and O–H groups in total. The number of halogens is 2. The summed E-state index contributed by atoms with van der Waals surface area (Å²) in [5, 5.41) is 5.44. The van der Waals surface area contributed by atoms with Crippen LogP contribution in [0.2, 0.25) is 13.1 Å². The quantitative estimate of drug-likeness (QED) is 0.130. The average molecular weight is 661 g/mol. The van der Waals surface area contributed by atoms with E-state index in [1.54, 1.807) is 23.3 Å². The SMILES string of the molecule is CCc1cc2c(-c3ccccc3)cccc2[cH-]1.CCc1cc2c(-c3ccccc3)cccc2[cH-]1.C[Si](C)=[Zr+2].Cl.Cl. The number of hydrogen-bond donors (Lipinski definition) is 0. The summed E-state index contributed by atoms with van der Waals surface area (Å²) >= 11 is 1.74. The Bertz CT molecular complexity index is 1490. The third kappa shape index (κ3) is 8.89. The molecule has 40 heavy (non-hydrogen) atoms. The molecule has 0 aliphatic rings. The second-order valence-corrected chi connectivity index (χ2v) is 19.2. The molecule has 0 nitrogen and oxygen atoms in total. The molecule has 0 aromatic heterocycles. The molecule has 0 bridgehead atoms. The van der Waals surface area contributed by atoms with Gasteiger partial charge in [-0.25, -0.2) is 0 Å². The molecule has 6 aromatic carbocycles. The largest absolute Gasteiger partial charge is 0.147 e. The van der Waals surface area contributed by atoms with E-state index in [0.717, 1.165) is 12.8 Å². The van der Waals surface area contributed by atoms with E-state index < -0.39 is 0 Å². The first-order chi connectivity index (χ1) is 18.5. The van der Waals surface area contributed by atoms with Crippen LogP contribution >= 0.6 is 24.8 Å². The molecule has 4 heteroatoms. The standard InChI is InChI=1S/2C17H15.C2H6Si.2ClH.Zr/c2*1-2-13-11-15-9-6-10-16(17(15)12-13)14-7-4-3-5-8-14;1-3-2;;;/h2*3-12H,2H2,1H3;1-2H3;2*1H;/q2*-1;;;;+2. The second kappa shape index (κ2) is 16.9. The molecule has 0 aliphatic heterocycles. The molecular formula is C36H38Cl2SiZr. The summed E-state index contributed by atoms with van der Waals surface area (Å²) in [5.74, 6) is 0. The number of fused-ring (bicyclic) bond motifs is 2. The van der Waals surface area contributed by atoms with E-state index in [-0.39, 0.29) is 30.2 Å². The van der Waals surface area contributed by atoms with Crippen molar-refractivity contribution in [1.29, 1.82) is 0 Å². The fourth-order valence-corrected chi connectivity index (χ4v) is 4.74. The third-order valence-corrected chi connectivity index (χ3v) is 6.61. The minimum atomic E-state index is 0. The molecule has 6 aromatic rings. The van der Waals surface area contributed by atoms with E-state index in [9.17, 15) is 0 Å².